The van der Waals surface area contributed by atoms with Gasteiger partial charge in [-0.05, 0) is 43.7 Å². The number of nitrogens with zero attached hydrogens (tertiary/aromatic N) is 1. The van der Waals surface area contributed by atoms with E-state index in [2.05, 4.69) is 26.5 Å². The lowest BCUT2D eigenvalue weighted by Crippen LogP contribution is -2.19. The second-order valence-corrected chi connectivity index (χ2v) is 6.21. The lowest BCUT2D eigenvalue weighted by Gasteiger charge is -2.13. The van der Waals surface area contributed by atoms with Crippen molar-refractivity contribution < 1.29 is 9.53 Å². The van der Waals surface area contributed by atoms with E-state index in [0.717, 1.165) is 10.0 Å². The second-order valence-electron chi connectivity index (χ2n) is 5.30. The van der Waals surface area contributed by atoms with Crippen LogP contribution in [-0.4, -0.2) is 18.2 Å². The van der Waals surface area contributed by atoms with Gasteiger partial charge in [0.15, 0.2) is 0 Å². The Morgan fingerprint density at radius 1 is 1.21 bits per heavy atom. The summed E-state index contributed by atoms with van der Waals surface area (Å²) in [6.07, 6.45) is 5.19. The summed E-state index contributed by atoms with van der Waals surface area (Å²) < 4.78 is 6.46. The molecule has 0 aromatic heterocycles. The SMILES string of the molecule is CC(C)Oc1ccc(Br)cc1C(=O)N/N=C\C=C\c1ccccc1. The van der Waals surface area contributed by atoms with E-state index >= 15 is 0 Å². The van der Waals surface area contributed by atoms with Gasteiger partial charge in [-0.15, -0.1) is 0 Å². The maximum absolute atomic E-state index is 12.3. The summed E-state index contributed by atoms with van der Waals surface area (Å²) in [4.78, 5) is 12.3. The van der Waals surface area contributed by atoms with Crippen LogP contribution in [0.3, 0.4) is 0 Å². The summed E-state index contributed by atoms with van der Waals surface area (Å²) >= 11 is 3.36. The number of benzene rings is 2. The van der Waals surface area contributed by atoms with E-state index in [-0.39, 0.29) is 12.0 Å². The van der Waals surface area contributed by atoms with Crippen LogP contribution in [0.5, 0.6) is 5.75 Å². The van der Waals surface area contributed by atoms with Crippen LogP contribution in [0.1, 0.15) is 29.8 Å². The van der Waals surface area contributed by atoms with Gasteiger partial charge in [0.05, 0.1) is 11.7 Å². The monoisotopic (exact) mass is 386 g/mol. The van der Waals surface area contributed by atoms with E-state index < -0.39 is 0 Å². The van der Waals surface area contributed by atoms with Gasteiger partial charge in [-0.2, -0.15) is 5.10 Å². The molecule has 0 saturated carbocycles. The zero-order valence-corrected chi connectivity index (χ0v) is 15.2. The van der Waals surface area contributed by atoms with Crippen molar-refractivity contribution in [1.82, 2.24) is 5.43 Å². The maximum atomic E-state index is 12.3. The van der Waals surface area contributed by atoms with Crippen LogP contribution in [0.15, 0.2) is 64.2 Å². The Bertz CT molecular complexity index is 740. The lowest BCUT2D eigenvalue weighted by atomic mass is 10.2. The van der Waals surface area contributed by atoms with Gasteiger partial charge in [-0.25, -0.2) is 5.43 Å². The molecule has 124 valence electrons. The minimum absolute atomic E-state index is 0.0185. The minimum Gasteiger partial charge on any atom is -0.490 e. The van der Waals surface area contributed by atoms with Crippen LogP contribution in [0, 0.1) is 0 Å². The number of rotatable bonds is 6. The normalized spacial score (nSPS) is 11.3. The highest BCUT2D eigenvalue weighted by molar-refractivity contribution is 9.10. The Hall–Kier alpha value is -2.40. The Balaban J connectivity index is 2.00. The summed E-state index contributed by atoms with van der Waals surface area (Å²) in [5.74, 6) is 0.206. The largest absolute Gasteiger partial charge is 0.490 e. The third-order valence-electron chi connectivity index (χ3n) is 2.96. The molecule has 24 heavy (non-hydrogen) atoms. The minimum atomic E-state index is -0.323. The fourth-order valence-corrected chi connectivity index (χ4v) is 2.31. The molecule has 1 amide bonds. The molecular weight excluding hydrogens is 368 g/mol. The van der Waals surface area contributed by atoms with E-state index in [1.54, 1.807) is 18.2 Å². The molecule has 2 rings (SSSR count). The van der Waals surface area contributed by atoms with Crippen molar-refractivity contribution in [3.63, 3.8) is 0 Å². The average molecular weight is 387 g/mol. The van der Waals surface area contributed by atoms with Crippen molar-refractivity contribution in [2.24, 2.45) is 5.10 Å². The van der Waals surface area contributed by atoms with Crippen LogP contribution >= 0.6 is 15.9 Å². The van der Waals surface area contributed by atoms with Crippen molar-refractivity contribution in [2.45, 2.75) is 20.0 Å². The predicted octanol–water partition coefficient (Wildman–Crippen LogP) is 4.67. The second kappa shape index (κ2) is 9.03. The number of halogens is 1. The molecule has 0 fully saturated rings. The molecule has 2 aromatic rings. The van der Waals surface area contributed by atoms with Crippen molar-refractivity contribution in [3.8, 4) is 5.75 Å². The molecule has 0 aliphatic heterocycles. The van der Waals surface area contributed by atoms with Gasteiger partial charge >= 0.3 is 0 Å². The number of nitrogens with one attached hydrogen (secondary N) is 1. The highest BCUT2D eigenvalue weighted by atomic mass is 79.9. The van der Waals surface area contributed by atoms with Gasteiger partial charge in [0, 0.05) is 10.7 Å². The van der Waals surface area contributed by atoms with Gasteiger partial charge < -0.3 is 4.74 Å². The van der Waals surface area contributed by atoms with Gasteiger partial charge in [0.25, 0.3) is 5.91 Å². The maximum Gasteiger partial charge on any atom is 0.275 e. The standard InChI is InChI=1S/C19H19BrN2O2/c1-14(2)24-18-11-10-16(20)13-17(18)19(23)22-21-12-6-9-15-7-4-3-5-8-15/h3-14H,1-2H3,(H,22,23)/b9-6+,21-12-. The zero-order valence-electron chi connectivity index (χ0n) is 13.6. The van der Waals surface area contributed by atoms with Gasteiger partial charge in [0.1, 0.15) is 5.75 Å². The molecule has 0 spiro atoms. The van der Waals surface area contributed by atoms with Crippen molar-refractivity contribution in [3.05, 3.63) is 70.2 Å². The van der Waals surface area contributed by atoms with Crippen molar-refractivity contribution >= 4 is 34.1 Å². The number of carbonyl (C=O) groups excluding carboxylic acids is 1. The van der Waals surface area contributed by atoms with Crippen LogP contribution in [-0.2, 0) is 0 Å². The molecule has 0 bridgehead atoms. The number of hydrogen-bond acceptors (Lipinski definition) is 3. The average Bonchev–Trinajstić information content (AvgIpc) is 2.56. The first-order valence-electron chi connectivity index (χ1n) is 7.57. The lowest BCUT2D eigenvalue weighted by molar-refractivity contribution is 0.0949. The zero-order chi connectivity index (χ0) is 17.4. The van der Waals surface area contributed by atoms with E-state index in [1.807, 2.05) is 56.3 Å². The molecule has 0 saturated heterocycles. The molecule has 0 radical (unpaired) electrons. The number of amides is 1. The van der Waals surface area contributed by atoms with Crippen LogP contribution in [0.4, 0.5) is 0 Å². The highest BCUT2D eigenvalue weighted by Crippen LogP contribution is 2.24. The van der Waals surface area contributed by atoms with Crippen molar-refractivity contribution in [2.75, 3.05) is 0 Å². The molecule has 0 atom stereocenters. The highest BCUT2D eigenvalue weighted by Gasteiger charge is 2.13. The number of hydrogen-bond donors (Lipinski definition) is 1. The smallest absolute Gasteiger partial charge is 0.275 e. The molecule has 0 heterocycles. The molecule has 0 aliphatic carbocycles. The Labute approximate surface area is 150 Å². The Morgan fingerprint density at radius 3 is 2.67 bits per heavy atom. The molecule has 1 N–H and O–H groups in total. The third-order valence-corrected chi connectivity index (χ3v) is 3.46. The first-order chi connectivity index (χ1) is 11.6. The quantitative estimate of drug-likeness (QED) is 0.579. The predicted molar refractivity (Wildman–Crippen MR) is 101 cm³/mol. The fraction of sp³-hybridized carbons (Fsp3) is 0.158. The summed E-state index contributed by atoms with van der Waals surface area (Å²) in [7, 11) is 0. The first-order valence-corrected chi connectivity index (χ1v) is 8.37. The number of hydrazone groups is 1. The van der Waals surface area contributed by atoms with Crippen LogP contribution in [0.25, 0.3) is 6.08 Å². The number of ether oxygens (including phenoxy) is 1. The molecular formula is C19H19BrN2O2. The van der Waals surface area contributed by atoms with E-state index in [0.29, 0.717) is 11.3 Å². The summed E-state index contributed by atoms with van der Waals surface area (Å²) in [5, 5.41) is 3.93. The molecule has 0 aliphatic rings. The van der Waals surface area contributed by atoms with Gasteiger partial charge in [0.2, 0.25) is 0 Å². The number of carbonyl (C=O) groups is 1. The van der Waals surface area contributed by atoms with Crippen LogP contribution in [0.2, 0.25) is 0 Å². The first kappa shape index (κ1) is 17.9. The topological polar surface area (TPSA) is 50.7 Å². The Morgan fingerprint density at radius 2 is 1.96 bits per heavy atom. The van der Waals surface area contributed by atoms with Gasteiger partial charge in [-0.3, -0.25) is 4.79 Å². The Kier molecular flexibility index (Phi) is 6.75. The molecule has 0 unspecified atom stereocenters. The molecule has 5 heteroatoms. The van der Waals surface area contributed by atoms with E-state index in [4.69, 9.17) is 4.74 Å². The molecule has 4 nitrogen and oxygen atoms in total. The van der Waals surface area contributed by atoms with Crippen LogP contribution < -0.4 is 10.2 Å². The summed E-state index contributed by atoms with van der Waals surface area (Å²) in [5.41, 5.74) is 4.00. The van der Waals surface area contributed by atoms with Gasteiger partial charge in [-0.1, -0.05) is 52.3 Å². The van der Waals surface area contributed by atoms with E-state index in [9.17, 15) is 4.79 Å². The van der Waals surface area contributed by atoms with E-state index in [1.165, 1.54) is 6.21 Å². The summed E-state index contributed by atoms with van der Waals surface area (Å²) in [6, 6.07) is 15.2. The van der Waals surface area contributed by atoms with Crippen molar-refractivity contribution in [1.29, 1.82) is 0 Å². The fourth-order valence-electron chi connectivity index (χ4n) is 1.95. The summed E-state index contributed by atoms with van der Waals surface area (Å²) in [6.45, 7) is 3.83. The number of allylic oxidation sites excluding steroid dienone is 1. The molecule has 2 aromatic carbocycles. The third kappa shape index (κ3) is 5.66.